The van der Waals surface area contributed by atoms with Crippen LogP contribution in [0.2, 0.25) is 0 Å². The molecule has 2 aliphatic heterocycles. The summed E-state index contributed by atoms with van der Waals surface area (Å²) in [6, 6.07) is 10.6. The fraction of sp³-hybridized carbons (Fsp3) is 0.433. The number of imidazole rings is 1. The third-order valence-electron chi connectivity index (χ3n) is 7.49. The van der Waals surface area contributed by atoms with E-state index in [-0.39, 0.29) is 11.3 Å². The summed E-state index contributed by atoms with van der Waals surface area (Å²) in [6.07, 6.45) is 3.47. The largest absolute Gasteiger partial charge is 0.505 e. The number of aliphatic hydroxyl groups excluding tert-OH is 1. The van der Waals surface area contributed by atoms with Crippen LogP contribution in [0.4, 0.5) is 0 Å². The van der Waals surface area contributed by atoms with Gasteiger partial charge in [0.05, 0.1) is 37.1 Å². The SMILES string of the molecule is CCCOc1ccc(C2C(=C(O)c3nc4c(C)cccn4c3C)C(=O)C(=O)N2CCCN2CCOCC2)cc1. The summed E-state index contributed by atoms with van der Waals surface area (Å²) in [5.74, 6) is -0.826. The van der Waals surface area contributed by atoms with Gasteiger partial charge in [0.2, 0.25) is 0 Å². The second-order valence-electron chi connectivity index (χ2n) is 10.1. The fourth-order valence-corrected chi connectivity index (χ4v) is 5.39. The summed E-state index contributed by atoms with van der Waals surface area (Å²) in [4.78, 5) is 35.4. The van der Waals surface area contributed by atoms with Crippen LogP contribution in [0.25, 0.3) is 11.4 Å². The van der Waals surface area contributed by atoms with Gasteiger partial charge in [0.25, 0.3) is 11.7 Å². The van der Waals surface area contributed by atoms with E-state index in [0.717, 1.165) is 42.9 Å². The van der Waals surface area contributed by atoms with Crippen molar-refractivity contribution >= 4 is 23.1 Å². The fourth-order valence-electron chi connectivity index (χ4n) is 5.39. The zero-order valence-electron chi connectivity index (χ0n) is 22.9. The normalized spacial score (nSPS) is 19.8. The molecule has 0 spiro atoms. The first-order valence-corrected chi connectivity index (χ1v) is 13.7. The van der Waals surface area contributed by atoms with Crippen molar-refractivity contribution < 1.29 is 24.2 Å². The van der Waals surface area contributed by atoms with Crippen molar-refractivity contribution in [3.63, 3.8) is 0 Å². The maximum atomic E-state index is 13.5. The average molecular weight is 533 g/mol. The van der Waals surface area contributed by atoms with Crippen molar-refractivity contribution in [3.05, 3.63) is 70.7 Å². The highest BCUT2D eigenvalue weighted by atomic mass is 16.5. The number of morpholine rings is 1. The second-order valence-corrected chi connectivity index (χ2v) is 10.1. The molecule has 2 aliphatic rings. The number of aryl methyl sites for hydroxylation is 2. The number of ketones is 1. The van der Waals surface area contributed by atoms with Gasteiger partial charge in [-0.3, -0.25) is 14.5 Å². The number of amides is 1. The number of carbonyl (C=O) groups is 2. The Morgan fingerprint density at radius 1 is 1.10 bits per heavy atom. The van der Waals surface area contributed by atoms with E-state index in [2.05, 4.69) is 9.88 Å². The van der Waals surface area contributed by atoms with Gasteiger partial charge in [0, 0.05) is 32.4 Å². The molecule has 3 aromatic rings. The maximum Gasteiger partial charge on any atom is 0.295 e. The molecule has 0 bridgehead atoms. The second kappa shape index (κ2) is 11.6. The van der Waals surface area contributed by atoms with Gasteiger partial charge in [0.1, 0.15) is 17.1 Å². The van der Waals surface area contributed by atoms with Crippen LogP contribution < -0.4 is 4.74 Å². The van der Waals surface area contributed by atoms with E-state index in [0.29, 0.717) is 49.8 Å². The molecule has 1 aromatic carbocycles. The average Bonchev–Trinajstić information content (AvgIpc) is 3.42. The summed E-state index contributed by atoms with van der Waals surface area (Å²) in [7, 11) is 0. The molecule has 5 rings (SSSR count). The lowest BCUT2D eigenvalue weighted by Crippen LogP contribution is -2.38. The highest BCUT2D eigenvalue weighted by Crippen LogP contribution is 2.40. The van der Waals surface area contributed by atoms with Gasteiger partial charge in [0.15, 0.2) is 5.76 Å². The molecule has 1 unspecified atom stereocenters. The van der Waals surface area contributed by atoms with E-state index >= 15 is 0 Å². The van der Waals surface area contributed by atoms with Gasteiger partial charge in [-0.15, -0.1) is 0 Å². The Kier molecular flexibility index (Phi) is 7.99. The van der Waals surface area contributed by atoms with Crippen LogP contribution in [0.3, 0.4) is 0 Å². The lowest BCUT2D eigenvalue weighted by molar-refractivity contribution is -0.140. The quantitative estimate of drug-likeness (QED) is 0.254. The standard InChI is InChI=1S/C30H36N4O5/c1-4-17-39-23-10-8-22(9-11-23)26-24(27(35)25-21(3)33-13-5-7-20(2)29(33)31-25)28(36)30(37)34(26)14-6-12-32-15-18-38-19-16-32/h5,7-11,13,26,35H,4,6,12,14-19H2,1-3H3. The number of Topliss-reactive ketones (excluding diaryl/α,β-unsaturated/α-hetero) is 1. The Hall–Kier alpha value is -3.69. The Morgan fingerprint density at radius 3 is 2.54 bits per heavy atom. The van der Waals surface area contributed by atoms with Gasteiger partial charge in [-0.2, -0.15) is 0 Å². The monoisotopic (exact) mass is 532 g/mol. The molecule has 9 nitrogen and oxygen atoms in total. The molecule has 1 amide bonds. The molecule has 0 radical (unpaired) electrons. The number of pyridine rings is 1. The van der Waals surface area contributed by atoms with Crippen LogP contribution in [0, 0.1) is 13.8 Å². The van der Waals surface area contributed by atoms with Gasteiger partial charge in [-0.1, -0.05) is 25.1 Å². The molecular formula is C30H36N4O5. The number of fused-ring (bicyclic) bond motifs is 1. The number of rotatable bonds is 9. The zero-order valence-corrected chi connectivity index (χ0v) is 22.9. The summed E-state index contributed by atoms with van der Waals surface area (Å²) < 4.78 is 13.1. The molecule has 0 aliphatic carbocycles. The van der Waals surface area contributed by atoms with Crippen LogP contribution in [-0.4, -0.2) is 82.0 Å². The van der Waals surface area contributed by atoms with Crippen molar-refractivity contribution in [3.8, 4) is 5.75 Å². The summed E-state index contributed by atoms with van der Waals surface area (Å²) in [6.45, 7) is 10.7. The van der Waals surface area contributed by atoms with Crippen LogP contribution in [0.1, 0.15) is 48.3 Å². The van der Waals surface area contributed by atoms with Gasteiger partial charge in [-0.25, -0.2) is 4.98 Å². The number of nitrogens with zero attached hydrogens (tertiary/aromatic N) is 4. The van der Waals surface area contributed by atoms with Crippen molar-refractivity contribution in [2.75, 3.05) is 46.0 Å². The topological polar surface area (TPSA) is 96.6 Å². The number of aliphatic hydroxyl groups is 1. The highest BCUT2D eigenvalue weighted by molar-refractivity contribution is 6.46. The number of likely N-dealkylation sites (tertiary alicyclic amines) is 1. The minimum Gasteiger partial charge on any atom is -0.505 e. The van der Waals surface area contributed by atoms with E-state index in [1.807, 2.05) is 67.8 Å². The molecule has 2 aromatic heterocycles. The molecule has 1 atom stereocenters. The minimum atomic E-state index is -0.722. The van der Waals surface area contributed by atoms with Crippen LogP contribution in [0.5, 0.6) is 5.75 Å². The van der Waals surface area contributed by atoms with Crippen molar-refractivity contribution in [2.45, 2.75) is 39.7 Å². The van der Waals surface area contributed by atoms with Gasteiger partial charge < -0.3 is 23.9 Å². The number of hydrogen-bond donors (Lipinski definition) is 1. The number of hydrogen-bond acceptors (Lipinski definition) is 7. The smallest absolute Gasteiger partial charge is 0.295 e. The lowest BCUT2D eigenvalue weighted by Gasteiger charge is -2.29. The molecule has 0 saturated carbocycles. The van der Waals surface area contributed by atoms with Gasteiger partial charge >= 0.3 is 0 Å². The van der Waals surface area contributed by atoms with Gasteiger partial charge in [-0.05, 0) is 56.0 Å². The predicted octanol–water partition coefficient (Wildman–Crippen LogP) is 3.88. The zero-order chi connectivity index (χ0) is 27.5. The van der Waals surface area contributed by atoms with E-state index < -0.39 is 17.7 Å². The molecule has 9 heteroatoms. The summed E-state index contributed by atoms with van der Waals surface area (Å²) in [5, 5.41) is 11.6. The Labute approximate surface area is 228 Å². The Bertz CT molecular complexity index is 1390. The molecule has 2 saturated heterocycles. The number of aromatic nitrogens is 2. The third kappa shape index (κ3) is 5.29. The number of benzene rings is 1. The number of ether oxygens (including phenoxy) is 2. The molecule has 4 heterocycles. The molecule has 1 N–H and O–H groups in total. The minimum absolute atomic E-state index is 0.0674. The predicted molar refractivity (Wildman–Crippen MR) is 148 cm³/mol. The third-order valence-corrected chi connectivity index (χ3v) is 7.49. The van der Waals surface area contributed by atoms with E-state index in [9.17, 15) is 14.7 Å². The van der Waals surface area contributed by atoms with Crippen molar-refractivity contribution in [2.24, 2.45) is 0 Å². The molecule has 206 valence electrons. The summed E-state index contributed by atoms with van der Waals surface area (Å²) >= 11 is 0. The van der Waals surface area contributed by atoms with Crippen LogP contribution in [-0.2, 0) is 14.3 Å². The first-order chi connectivity index (χ1) is 18.9. The van der Waals surface area contributed by atoms with Crippen molar-refractivity contribution in [1.82, 2.24) is 19.2 Å². The Balaban J connectivity index is 1.53. The Morgan fingerprint density at radius 2 is 1.85 bits per heavy atom. The highest BCUT2D eigenvalue weighted by Gasteiger charge is 2.46. The van der Waals surface area contributed by atoms with E-state index in [1.54, 1.807) is 4.90 Å². The van der Waals surface area contributed by atoms with Crippen LogP contribution >= 0.6 is 0 Å². The first kappa shape index (κ1) is 26.9. The molecule has 2 fully saturated rings. The summed E-state index contributed by atoms with van der Waals surface area (Å²) in [5.41, 5.74) is 3.46. The molecular weight excluding hydrogens is 496 g/mol. The van der Waals surface area contributed by atoms with E-state index in [4.69, 9.17) is 9.47 Å². The first-order valence-electron chi connectivity index (χ1n) is 13.7. The van der Waals surface area contributed by atoms with Crippen LogP contribution in [0.15, 0.2) is 48.2 Å². The lowest BCUT2D eigenvalue weighted by atomic mass is 9.96. The maximum absolute atomic E-state index is 13.5. The van der Waals surface area contributed by atoms with Crippen molar-refractivity contribution in [1.29, 1.82) is 0 Å². The molecule has 39 heavy (non-hydrogen) atoms. The van der Waals surface area contributed by atoms with E-state index in [1.165, 1.54) is 0 Å². The number of carbonyl (C=O) groups excluding carboxylic acids is 2.